The second-order valence-corrected chi connectivity index (χ2v) is 10.1. The third kappa shape index (κ3) is 5.68. The lowest BCUT2D eigenvalue weighted by molar-refractivity contribution is -0.692. The van der Waals surface area contributed by atoms with E-state index in [1.165, 1.54) is 9.87 Å². The second-order valence-electron chi connectivity index (χ2n) is 8.16. The molecule has 1 aliphatic rings. The normalized spacial score (nSPS) is 16.4. The van der Waals surface area contributed by atoms with Crippen LogP contribution in [-0.2, 0) is 14.8 Å². The first kappa shape index (κ1) is 22.5. The maximum Gasteiger partial charge on any atom is 0.279 e. The molecule has 0 saturated carbocycles. The maximum atomic E-state index is 12.9. The van der Waals surface area contributed by atoms with Gasteiger partial charge in [0.15, 0.2) is 6.54 Å². The van der Waals surface area contributed by atoms with Crippen molar-refractivity contribution in [2.24, 2.45) is 5.92 Å². The summed E-state index contributed by atoms with van der Waals surface area (Å²) in [5, 5.41) is 4.88. The number of benzene rings is 2. The van der Waals surface area contributed by atoms with Crippen LogP contribution >= 0.6 is 0 Å². The molecule has 0 aliphatic carbocycles. The SMILES string of the molecule is CC(C)[C@@H]([NH2+]CC(=O)Nc1cccc(S(=O)(=O)N2CCCCC2)c1)c1ccccc1. The number of carbonyl (C=O) groups is 1. The Balaban J connectivity index is 1.63. The number of anilines is 1. The van der Waals surface area contributed by atoms with Gasteiger partial charge in [-0.25, -0.2) is 8.42 Å². The highest BCUT2D eigenvalue weighted by Crippen LogP contribution is 2.23. The van der Waals surface area contributed by atoms with Gasteiger partial charge in [-0.2, -0.15) is 4.31 Å². The Bertz CT molecular complexity index is 939. The molecular formula is C23H32N3O3S+. The first-order valence-corrected chi connectivity index (χ1v) is 12.1. The molecule has 1 aliphatic heterocycles. The minimum absolute atomic E-state index is 0.149. The fraction of sp³-hybridized carbons (Fsp3) is 0.435. The van der Waals surface area contributed by atoms with Crippen molar-refractivity contribution in [2.45, 2.75) is 44.0 Å². The van der Waals surface area contributed by atoms with Crippen LogP contribution in [0.3, 0.4) is 0 Å². The number of hydrogen-bond acceptors (Lipinski definition) is 3. The fourth-order valence-corrected chi connectivity index (χ4v) is 5.47. The van der Waals surface area contributed by atoms with E-state index < -0.39 is 10.0 Å². The van der Waals surface area contributed by atoms with Crippen LogP contribution in [0.15, 0.2) is 59.5 Å². The molecule has 3 N–H and O–H groups in total. The van der Waals surface area contributed by atoms with Crippen LogP contribution in [0.25, 0.3) is 0 Å². The van der Waals surface area contributed by atoms with Crippen LogP contribution in [0.2, 0.25) is 0 Å². The Morgan fingerprint density at radius 2 is 1.73 bits per heavy atom. The van der Waals surface area contributed by atoms with Crippen molar-refractivity contribution in [3.05, 3.63) is 60.2 Å². The molecule has 1 saturated heterocycles. The van der Waals surface area contributed by atoms with Crippen LogP contribution in [-0.4, -0.2) is 38.3 Å². The quantitative estimate of drug-likeness (QED) is 0.676. The van der Waals surface area contributed by atoms with Crippen molar-refractivity contribution in [1.82, 2.24) is 4.31 Å². The number of carbonyl (C=O) groups excluding carboxylic acids is 1. The number of nitrogens with one attached hydrogen (secondary N) is 1. The molecule has 1 heterocycles. The van der Waals surface area contributed by atoms with Gasteiger partial charge in [0.2, 0.25) is 10.0 Å². The molecule has 0 unspecified atom stereocenters. The van der Waals surface area contributed by atoms with E-state index in [1.54, 1.807) is 24.3 Å². The summed E-state index contributed by atoms with van der Waals surface area (Å²) in [4.78, 5) is 12.8. The number of quaternary nitrogens is 1. The topological polar surface area (TPSA) is 83.1 Å². The molecule has 0 aromatic heterocycles. The number of rotatable bonds is 8. The molecule has 7 heteroatoms. The number of hydrogen-bond donors (Lipinski definition) is 2. The summed E-state index contributed by atoms with van der Waals surface area (Å²) in [5.74, 6) is 0.224. The van der Waals surface area contributed by atoms with E-state index in [2.05, 4.69) is 31.3 Å². The van der Waals surface area contributed by atoms with E-state index in [4.69, 9.17) is 0 Å². The van der Waals surface area contributed by atoms with Gasteiger partial charge in [0, 0.05) is 30.3 Å². The third-order valence-corrected chi connectivity index (χ3v) is 7.43. The third-order valence-electron chi connectivity index (χ3n) is 5.53. The summed E-state index contributed by atoms with van der Waals surface area (Å²) < 4.78 is 27.3. The molecule has 162 valence electrons. The molecule has 2 aromatic rings. The highest BCUT2D eigenvalue weighted by Gasteiger charge is 2.26. The van der Waals surface area contributed by atoms with E-state index >= 15 is 0 Å². The van der Waals surface area contributed by atoms with Gasteiger partial charge in [-0.3, -0.25) is 4.79 Å². The zero-order chi connectivity index (χ0) is 21.6. The zero-order valence-electron chi connectivity index (χ0n) is 17.8. The summed E-state index contributed by atoms with van der Waals surface area (Å²) in [7, 11) is -3.52. The largest absolute Gasteiger partial charge is 0.332 e. The smallest absolute Gasteiger partial charge is 0.279 e. The summed E-state index contributed by atoms with van der Waals surface area (Å²) in [6.45, 7) is 5.66. The lowest BCUT2D eigenvalue weighted by atomic mass is 9.96. The Morgan fingerprint density at radius 1 is 1.03 bits per heavy atom. The van der Waals surface area contributed by atoms with E-state index in [0.29, 0.717) is 24.7 Å². The number of amides is 1. The Hall–Kier alpha value is -2.22. The molecule has 2 aromatic carbocycles. The van der Waals surface area contributed by atoms with Gasteiger partial charge in [0.25, 0.3) is 5.91 Å². The van der Waals surface area contributed by atoms with Gasteiger partial charge in [-0.1, -0.05) is 56.7 Å². The zero-order valence-corrected chi connectivity index (χ0v) is 18.6. The van der Waals surface area contributed by atoms with Gasteiger partial charge in [0.05, 0.1) is 4.90 Å². The molecule has 3 rings (SSSR count). The average molecular weight is 431 g/mol. The summed E-state index contributed by atoms with van der Waals surface area (Å²) >= 11 is 0. The minimum Gasteiger partial charge on any atom is -0.332 e. The highest BCUT2D eigenvalue weighted by molar-refractivity contribution is 7.89. The van der Waals surface area contributed by atoms with Crippen molar-refractivity contribution in [2.75, 3.05) is 25.0 Å². The first-order chi connectivity index (χ1) is 14.4. The lowest BCUT2D eigenvalue weighted by Gasteiger charge is -2.26. The van der Waals surface area contributed by atoms with E-state index in [0.717, 1.165) is 19.3 Å². The van der Waals surface area contributed by atoms with E-state index in [9.17, 15) is 13.2 Å². The molecule has 6 nitrogen and oxygen atoms in total. The predicted octanol–water partition coefficient (Wildman–Crippen LogP) is 2.76. The summed E-state index contributed by atoms with van der Waals surface area (Å²) in [6, 6.07) is 16.9. The van der Waals surface area contributed by atoms with E-state index in [1.807, 2.05) is 23.5 Å². The molecule has 1 amide bonds. The summed E-state index contributed by atoms with van der Waals surface area (Å²) in [6.07, 6.45) is 2.85. The van der Waals surface area contributed by atoms with Crippen LogP contribution in [0.4, 0.5) is 5.69 Å². The Kier molecular flexibility index (Phi) is 7.64. The molecule has 1 fully saturated rings. The van der Waals surface area contributed by atoms with Crippen molar-refractivity contribution < 1.29 is 18.5 Å². The average Bonchev–Trinajstić information content (AvgIpc) is 2.75. The number of sulfonamides is 1. The molecule has 0 radical (unpaired) electrons. The van der Waals surface area contributed by atoms with E-state index in [-0.39, 0.29) is 23.4 Å². The van der Waals surface area contributed by atoms with Gasteiger partial charge in [0.1, 0.15) is 6.04 Å². The van der Waals surface area contributed by atoms with Gasteiger partial charge < -0.3 is 10.6 Å². The number of nitrogens with zero attached hydrogens (tertiary/aromatic N) is 1. The minimum atomic E-state index is -3.52. The van der Waals surface area contributed by atoms with Gasteiger partial charge in [-0.05, 0) is 31.0 Å². The number of piperidine rings is 1. The van der Waals surface area contributed by atoms with Gasteiger partial charge >= 0.3 is 0 Å². The van der Waals surface area contributed by atoms with Crippen molar-refractivity contribution in [1.29, 1.82) is 0 Å². The molecular weight excluding hydrogens is 398 g/mol. The maximum absolute atomic E-state index is 12.9. The molecule has 30 heavy (non-hydrogen) atoms. The van der Waals surface area contributed by atoms with Crippen molar-refractivity contribution in [3.63, 3.8) is 0 Å². The molecule has 1 atom stereocenters. The van der Waals surface area contributed by atoms with Crippen LogP contribution in [0, 0.1) is 5.92 Å². The van der Waals surface area contributed by atoms with Crippen LogP contribution in [0.5, 0.6) is 0 Å². The first-order valence-electron chi connectivity index (χ1n) is 10.7. The monoisotopic (exact) mass is 430 g/mol. The Labute approximate surface area is 179 Å². The van der Waals surface area contributed by atoms with Crippen LogP contribution in [0.1, 0.15) is 44.7 Å². The van der Waals surface area contributed by atoms with Gasteiger partial charge in [-0.15, -0.1) is 0 Å². The Morgan fingerprint density at radius 3 is 2.40 bits per heavy atom. The van der Waals surface area contributed by atoms with Crippen LogP contribution < -0.4 is 10.6 Å². The second kappa shape index (κ2) is 10.2. The standard InChI is InChI=1S/C23H31N3O3S/c1-18(2)23(19-10-5-3-6-11-19)24-17-22(27)25-20-12-9-13-21(16-20)30(28,29)26-14-7-4-8-15-26/h3,5-6,9-13,16,18,23-24H,4,7-8,14-15,17H2,1-2H3,(H,25,27)/p+1/t23-/m1/s1. The van der Waals surface area contributed by atoms with Crippen molar-refractivity contribution >= 4 is 21.6 Å². The molecule has 0 spiro atoms. The fourth-order valence-electron chi connectivity index (χ4n) is 3.90. The predicted molar refractivity (Wildman–Crippen MR) is 118 cm³/mol. The molecule has 0 bridgehead atoms. The highest BCUT2D eigenvalue weighted by atomic mass is 32.2. The lowest BCUT2D eigenvalue weighted by Crippen LogP contribution is -2.88. The van der Waals surface area contributed by atoms with Crippen molar-refractivity contribution in [3.8, 4) is 0 Å². The number of nitrogens with two attached hydrogens (primary N) is 1. The summed E-state index contributed by atoms with van der Waals surface area (Å²) in [5.41, 5.74) is 1.70.